The van der Waals surface area contributed by atoms with Gasteiger partial charge < -0.3 is 10.2 Å². The summed E-state index contributed by atoms with van der Waals surface area (Å²) in [6, 6.07) is 3.34. The lowest BCUT2D eigenvalue weighted by molar-refractivity contribution is 0.400. The van der Waals surface area contributed by atoms with Gasteiger partial charge in [-0.1, -0.05) is 19.9 Å². The van der Waals surface area contributed by atoms with Crippen LogP contribution < -0.4 is 0 Å². The molecule has 0 aliphatic carbocycles. The van der Waals surface area contributed by atoms with E-state index in [2.05, 4.69) is 0 Å². The minimum Gasteiger partial charge on any atom is -0.504 e. The van der Waals surface area contributed by atoms with Crippen molar-refractivity contribution in [2.45, 2.75) is 27.7 Å². The number of rotatable bonds is 0. The standard InChI is InChI=1S/C8H10O2.C2H6/c1-5-3-6(2)8(10)7(9)4-5;1-2/h3-4,9-10H,1-2H3;1-2H3. The van der Waals surface area contributed by atoms with Crippen LogP contribution in [-0.4, -0.2) is 10.2 Å². The Morgan fingerprint density at radius 3 is 1.92 bits per heavy atom. The molecule has 0 saturated heterocycles. The number of benzene rings is 1. The van der Waals surface area contributed by atoms with Gasteiger partial charge >= 0.3 is 0 Å². The Morgan fingerprint density at radius 1 is 1.00 bits per heavy atom. The van der Waals surface area contributed by atoms with Crippen molar-refractivity contribution in [2.24, 2.45) is 0 Å². The Bertz CT molecular complexity index is 231. The lowest BCUT2D eigenvalue weighted by Crippen LogP contribution is -1.78. The molecule has 0 aromatic heterocycles. The summed E-state index contributed by atoms with van der Waals surface area (Å²) < 4.78 is 0. The first-order valence-electron chi connectivity index (χ1n) is 4.10. The third-order valence-electron chi connectivity index (χ3n) is 1.42. The topological polar surface area (TPSA) is 40.5 Å². The van der Waals surface area contributed by atoms with E-state index in [-0.39, 0.29) is 11.5 Å². The van der Waals surface area contributed by atoms with Gasteiger partial charge in [-0.05, 0) is 31.0 Å². The highest BCUT2D eigenvalue weighted by molar-refractivity contribution is 5.46. The first-order chi connectivity index (χ1) is 5.61. The average Bonchev–Trinajstić information content (AvgIpc) is 2.04. The SMILES string of the molecule is CC.Cc1cc(C)c(O)c(O)c1. The van der Waals surface area contributed by atoms with Crippen molar-refractivity contribution in [3.63, 3.8) is 0 Å². The monoisotopic (exact) mass is 168 g/mol. The third-order valence-corrected chi connectivity index (χ3v) is 1.42. The smallest absolute Gasteiger partial charge is 0.160 e. The predicted octanol–water partition coefficient (Wildman–Crippen LogP) is 2.74. The van der Waals surface area contributed by atoms with Gasteiger partial charge in [-0.2, -0.15) is 0 Å². The number of phenolic OH excluding ortho intramolecular Hbond substituents is 2. The summed E-state index contributed by atoms with van der Waals surface area (Å²) in [7, 11) is 0. The molecule has 0 aliphatic heterocycles. The first-order valence-corrected chi connectivity index (χ1v) is 4.10. The van der Waals surface area contributed by atoms with Crippen LogP contribution >= 0.6 is 0 Å². The van der Waals surface area contributed by atoms with Gasteiger partial charge in [0.15, 0.2) is 11.5 Å². The summed E-state index contributed by atoms with van der Waals surface area (Å²) in [5.41, 5.74) is 1.66. The van der Waals surface area contributed by atoms with Gasteiger partial charge in [0.2, 0.25) is 0 Å². The second-order valence-corrected chi connectivity index (χ2v) is 2.45. The molecular weight excluding hydrogens is 152 g/mol. The number of aromatic hydroxyl groups is 2. The highest BCUT2D eigenvalue weighted by atomic mass is 16.3. The van der Waals surface area contributed by atoms with Crippen LogP contribution in [0.2, 0.25) is 0 Å². The summed E-state index contributed by atoms with van der Waals surface area (Å²) in [4.78, 5) is 0. The first kappa shape index (κ1) is 10.8. The molecule has 0 atom stereocenters. The molecule has 1 aromatic rings. The molecule has 1 aromatic carbocycles. The van der Waals surface area contributed by atoms with Crippen molar-refractivity contribution < 1.29 is 10.2 Å². The molecule has 1 rings (SSSR count). The maximum Gasteiger partial charge on any atom is 0.160 e. The lowest BCUT2D eigenvalue weighted by Gasteiger charge is -2.01. The summed E-state index contributed by atoms with van der Waals surface area (Å²) in [6.07, 6.45) is 0. The number of aryl methyl sites for hydroxylation is 2. The van der Waals surface area contributed by atoms with E-state index in [0.717, 1.165) is 5.56 Å². The predicted molar refractivity (Wildman–Crippen MR) is 50.6 cm³/mol. The van der Waals surface area contributed by atoms with Gasteiger partial charge in [0, 0.05) is 0 Å². The normalized spacial score (nSPS) is 8.67. The maximum absolute atomic E-state index is 9.08. The fraction of sp³-hybridized carbons (Fsp3) is 0.400. The van der Waals surface area contributed by atoms with Crippen molar-refractivity contribution in [1.29, 1.82) is 0 Å². The zero-order chi connectivity index (χ0) is 9.72. The van der Waals surface area contributed by atoms with Crippen molar-refractivity contribution >= 4 is 0 Å². The van der Waals surface area contributed by atoms with Crippen LogP contribution in [-0.2, 0) is 0 Å². The average molecular weight is 168 g/mol. The fourth-order valence-electron chi connectivity index (χ4n) is 0.938. The van der Waals surface area contributed by atoms with Gasteiger partial charge in [0.1, 0.15) is 0 Å². The van der Waals surface area contributed by atoms with Crippen molar-refractivity contribution in [1.82, 2.24) is 0 Å². The highest BCUT2D eigenvalue weighted by Crippen LogP contribution is 2.28. The van der Waals surface area contributed by atoms with E-state index >= 15 is 0 Å². The number of hydrogen-bond donors (Lipinski definition) is 2. The van der Waals surface area contributed by atoms with Crippen LogP contribution in [0.5, 0.6) is 11.5 Å². The zero-order valence-electron chi connectivity index (χ0n) is 8.05. The summed E-state index contributed by atoms with van der Waals surface area (Å²) >= 11 is 0. The minimum absolute atomic E-state index is 0.0226. The van der Waals surface area contributed by atoms with E-state index in [9.17, 15) is 0 Å². The fourth-order valence-corrected chi connectivity index (χ4v) is 0.938. The second-order valence-electron chi connectivity index (χ2n) is 2.45. The Balaban J connectivity index is 0.000000561. The van der Waals surface area contributed by atoms with Gasteiger partial charge in [-0.3, -0.25) is 0 Å². The lowest BCUT2D eigenvalue weighted by atomic mass is 10.1. The van der Waals surface area contributed by atoms with Crippen molar-refractivity contribution in [3.05, 3.63) is 23.3 Å². The molecule has 0 bridgehead atoms. The Kier molecular flexibility index (Phi) is 4.19. The maximum atomic E-state index is 9.08. The minimum atomic E-state index is -0.0440. The van der Waals surface area contributed by atoms with E-state index in [0.29, 0.717) is 5.56 Å². The third kappa shape index (κ3) is 2.46. The van der Waals surface area contributed by atoms with Crippen LogP contribution in [0.15, 0.2) is 12.1 Å². The van der Waals surface area contributed by atoms with Gasteiger partial charge in [-0.25, -0.2) is 0 Å². The molecule has 0 fully saturated rings. The molecule has 2 N–H and O–H groups in total. The molecular formula is C10H16O2. The van der Waals surface area contributed by atoms with Crippen molar-refractivity contribution in [2.75, 3.05) is 0 Å². The van der Waals surface area contributed by atoms with Gasteiger partial charge in [0.05, 0.1) is 0 Å². The zero-order valence-corrected chi connectivity index (χ0v) is 8.05. The van der Waals surface area contributed by atoms with Crippen LogP contribution in [0, 0.1) is 13.8 Å². The van der Waals surface area contributed by atoms with Crippen LogP contribution in [0.1, 0.15) is 25.0 Å². The second kappa shape index (κ2) is 4.65. The molecule has 2 heteroatoms. The summed E-state index contributed by atoms with van der Waals surface area (Å²) in [5, 5.41) is 18.1. The molecule has 0 unspecified atom stereocenters. The number of hydrogen-bond acceptors (Lipinski definition) is 2. The molecule has 0 amide bonds. The highest BCUT2D eigenvalue weighted by Gasteiger charge is 2.01. The molecule has 2 nitrogen and oxygen atoms in total. The molecule has 68 valence electrons. The van der Waals surface area contributed by atoms with E-state index < -0.39 is 0 Å². The van der Waals surface area contributed by atoms with Crippen LogP contribution in [0.3, 0.4) is 0 Å². The van der Waals surface area contributed by atoms with Gasteiger partial charge in [0.25, 0.3) is 0 Å². The molecule has 0 radical (unpaired) electrons. The molecule has 0 spiro atoms. The molecule has 0 heterocycles. The largest absolute Gasteiger partial charge is 0.504 e. The Morgan fingerprint density at radius 2 is 1.50 bits per heavy atom. The van der Waals surface area contributed by atoms with E-state index in [1.165, 1.54) is 6.07 Å². The van der Waals surface area contributed by atoms with Crippen molar-refractivity contribution in [3.8, 4) is 11.5 Å². The Labute approximate surface area is 73.5 Å². The summed E-state index contributed by atoms with van der Waals surface area (Å²) in [6.45, 7) is 7.62. The number of phenols is 2. The van der Waals surface area contributed by atoms with Crippen LogP contribution in [0.25, 0.3) is 0 Å². The molecule has 0 saturated carbocycles. The molecule has 12 heavy (non-hydrogen) atoms. The van der Waals surface area contributed by atoms with E-state index in [1.54, 1.807) is 6.92 Å². The van der Waals surface area contributed by atoms with E-state index in [4.69, 9.17) is 10.2 Å². The van der Waals surface area contributed by atoms with Crippen LogP contribution in [0.4, 0.5) is 0 Å². The van der Waals surface area contributed by atoms with E-state index in [1.807, 2.05) is 26.8 Å². The quantitative estimate of drug-likeness (QED) is 0.585. The van der Waals surface area contributed by atoms with Gasteiger partial charge in [-0.15, -0.1) is 0 Å². The Hall–Kier alpha value is -1.18. The summed E-state index contributed by atoms with van der Waals surface area (Å²) in [5.74, 6) is -0.0666. The molecule has 0 aliphatic rings.